The monoisotopic (exact) mass is 338 g/mol. The van der Waals surface area contributed by atoms with Crippen molar-refractivity contribution in [3.8, 4) is 0 Å². The molecule has 126 valence electrons. The molecule has 1 saturated heterocycles. The SMILES string of the molecule is CCOC(=O)N1CCN(C(C(=O)O)c2ccc(SC)cc2)CC1. The van der Waals surface area contributed by atoms with Crippen LogP contribution in [0, 0.1) is 0 Å². The number of rotatable bonds is 5. The van der Waals surface area contributed by atoms with Gasteiger partial charge in [-0.2, -0.15) is 0 Å². The van der Waals surface area contributed by atoms with E-state index < -0.39 is 12.0 Å². The van der Waals surface area contributed by atoms with Gasteiger partial charge in [-0.05, 0) is 30.9 Å². The number of carboxylic acids is 1. The summed E-state index contributed by atoms with van der Waals surface area (Å²) in [4.78, 5) is 28.1. The molecule has 0 spiro atoms. The molecule has 1 aliphatic rings. The lowest BCUT2D eigenvalue weighted by Gasteiger charge is -2.37. The Kier molecular flexibility index (Phi) is 6.29. The fraction of sp³-hybridized carbons (Fsp3) is 0.500. The number of amides is 1. The predicted molar refractivity (Wildman–Crippen MR) is 88.8 cm³/mol. The van der Waals surface area contributed by atoms with Crippen LogP contribution in [0.4, 0.5) is 4.79 Å². The van der Waals surface area contributed by atoms with Crippen molar-refractivity contribution in [1.29, 1.82) is 0 Å². The molecule has 1 atom stereocenters. The van der Waals surface area contributed by atoms with Crippen molar-refractivity contribution in [2.45, 2.75) is 17.9 Å². The number of carboxylic acid groups (broad SMARTS) is 1. The van der Waals surface area contributed by atoms with Crippen LogP contribution in [0.25, 0.3) is 0 Å². The van der Waals surface area contributed by atoms with Gasteiger partial charge in [-0.1, -0.05) is 12.1 Å². The third-order valence-electron chi connectivity index (χ3n) is 3.87. The molecule has 1 N–H and O–H groups in total. The van der Waals surface area contributed by atoms with Crippen molar-refractivity contribution in [3.05, 3.63) is 29.8 Å². The van der Waals surface area contributed by atoms with Crippen LogP contribution in [0.15, 0.2) is 29.2 Å². The van der Waals surface area contributed by atoms with Crippen LogP contribution in [-0.2, 0) is 9.53 Å². The van der Waals surface area contributed by atoms with Crippen molar-refractivity contribution >= 4 is 23.8 Å². The van der Waals surface area contributed by atoms with E-state index in [1.54, 1.807) is 23.6 Å². The lowest BCUT2D eigenvalue weighted by molar-refractivity contribution is -0.144. The van der Waals surface area contributed by atoms with Crippen LogP contribution in [0.5, 0.6) is 0 Å². The Hall–Kier alpha value is -1.73. The zero-order chi connectivity index (χ0) is 16.8. The van der Waals surface area contributed by atoms with Gasteiger partial charge in [0.25, 0.3) is 0 Å². The molecule has 1 fully saturated rings. The molecule has 0 aromatic heterocycles. The van der Waals surface area contributed by atoms with Crippen molar-refractivity contribution in [2.24, 2.45) is 0 Å². The zero-order valence-corrected chi connectivity index (χ0v) is 14.2. The molecule has 6 nitrogen and oxygen atoms in total. The summed E-state index contributed by atoms with van der Waals surface area (Å²) in [5, 5.41) is 9.61. The second-order valence-corrected chi connectivity index (χ2v) is 6.12. The topological polar surface area (TPSA) is 70.1 Å². The molecule has 0 aliphatic carbocycles. The minimum absolute atomic E-state index is 0.330. The quantitative estimate of drug-likeness (QED) is 0.831. The Morgan fingerprint density at radius 1 is 1.22 bits per heavy atom. The van der Waals surface area contributed by atoms with Gasteiger partial charge in [0.2, 0.25) is 0 Å². The molecule has 1 amide bonds. The van der Waals surface area contributed by atoms with Gasteiger partial charge in [0.15, 0.2) is 0 Å². The fourth-order valence-electron chi connectivity index (χ4n) is 2.67. The lowest BCUT2D eigenvalue weighted by Crippen LogP contribution is -2.51. The third-order valence-corrected chi connectivity index (χ3v) is 4.61. The van der Waals surface area contributed by atoms with E-state index in [0.29, 0.717) is 32.8 Å². The molecule has 2 rings (SSSR count). The number of carbonyl (C=O) groups excluding carboxylic acids is 1. The molecule has 23 heavy (non-hydrogen) atoms. The Morgan fingerprint density at radius 3 is 2.30 bits per heavy atom. The van der Waals surface area contributed by atoms with E-state index in [0.717, 1.165) is 10.5 Å². The van der Waals surface area contributed by atoms with Gasteiger partial charge in [-0.3, -0.25) is 9.69 Å². The van der Waals surface area contributed by atoms with Crippen molar-refractivity contribution < 1.29 is 19.4 Å². The normalized spacial score (nSPS) is 16.9. The van der Waals surface area contributed by atoms with Crippen LogP contribution in [0.3, 0.4) is 0 Å². The maximum Gasteiger partial charge on any atom is 0.409 e. The minimum Gasteiger partial charge on any atom is -0.480 e. The first-order valence-corrected chi connectivity index (χ1v) is 8.81. The number of piperazine rings is 1. The Bertz CT molecular complexity index is 542. The van der Waals surface area contributed by atoms with E-state index in [1.807, 2.05) is 35.4 Å². The standard InChI is InChI=1S/C16H22N2O4S/c1-3-22-16(21)18-10-8-17(9-11-18)14(15(19)20)12-4-6-13(23-2)7-5-12/h4-7,14H,3,8-11H2,1-2H3,(H,19,20). The summed E-state index contributed by atoms with van der Waals surface area (Å²) in [6.07, 6.45) is 1.65. The van der Waals surface area contributed by atoms with E-state index in [9.17, 15) is 14.7 Å². The summed E-state index contributed by atoms with van der Waals surface area (Å²) in [7, 11) is 0. The molecule has 0 saturated carbocycles. The van der Waals surface area contributed by atoms with Gasteiger partial charge in [-0.15, -0.1) is 11.8 Å². The number of hydrogen-bond donors (Lipinski definition) is 1. The fourth-order valence-corrected chi connectivity index (χ4v) is 3.08. The van der Waals surface area contributed by atoms with Gasteiger partial charge in [0, 0.05) is 31.1 Å². The van der Waals surface area contributed by atoms with E-state index in [2.05, 4.69) is 0 Å². The molecule has 1 aliphatic heterocycles. The number of hydrogen-bond acceptors (Lipinski definition) is 5. The summed E-state index contributed by atoms with van der Waals surface area (Å²) in [5.41, 5.74) is 0.764. The largest absolute Gasteiger partial charge is 0.480 e. The van der Waals surface area contributed by atoms with Crippen molar-refractivity contribution in [2.75, 3.05) is 39.0 Å². The summed E-state index contributed by atoms with van der Waals surface area (Å²) in [6.45, 7) is 4.10. The van der Waals surface area contributed by atoms with Gasteiger partial charge in [0.05, 0.1) is 6.61 Å². The van der Waals surface area contributed by atoms with Crippen LogP contribution in [-0.4, -0.2) is 66.0 Å². The summed E-state index contributed by atoms with van der Waals surface area (Å²) >= 11 is 1.62. The number of carbonyl (C=O) groups is 2. The average molecular weight is 338 g/mol. The number of benzene rings is 1. The lowest BCUT2D eigenvalue weighted by atomic mass is 10.0. The molecule has 1 aromatic rings. The van der Waals surface area contributed by atoms with Crippen LogP contribution < -0.4 is 0 Å². The number of aliphatic carboxylic acids is 1. The average Bonchev–Trinajstić information content (AvgIpc) is 2.56. The summed E-state index contributed by atoms with van der Waals surface area (Å²) < 4.78 is 4.98. The van der Waals surface area contributed by atoms with Gasteiger partial charge < -0.3 is 14.7 Å². The van der Waals surface area contributed by atoms with E-state index in [1.165, 1.54) is 0 Å². The number of thioether (sulfide) groups is 1. The molecular formula is C16H22N2O4S. The third kappa shape index (κ3) is 4.39. The highest BCUT2D eigenvalue weighted by atomic mass is 32.2. The van der Waals surface area contributed by atoms with Gasteiger partial charge >= 0.3 is 12.1 Å². The highest BCUT2D eigenvalue weighted by Gasteiger charge is 2.31. The minimum atomic E-state index is -0.869. The van der Waals surface area contributed by atoms with E-state index in [4.69, 9.17) is 4.74 Å². The van der Waals surface area contributed by atoms with Gasteiger partial charge in [0.1, 0.15) is 6.04 Å². The van der Waals surface area contributed by atoms with Crippen LogP contribution in [0.2, 0.25) is 0 Å². The maximum absolute atomic E-state index is 11.7. The van der Waals surface area contributed by atoms with Crippen molar-refractivity contribution in [3.63, 3.8) is 0 Å². The first kappa shape index (κ1) is 17.6. The maximum atomic E-state index is 11.7. The van der Waals surface area contributed by atoms with E-state index in [-0.39, 0.29) is 6.09 Å². The smallest absolute Gasteiger partial charge is 0.409 e. The molecule has 1 unspecified atom stereocenters. The Morgan fingerprint density at radius 2 is 1.83 bits per heavy atom. The van der Waals surface area contributed by atoms with E-state index >= 15 is 0 Å². The predicted octanol–water partition coefficient (Wildman–Crippen LogP) is 2.31. The molecular weight excluding hydrogens is 316 g/mol. The first-order chi connectivity index (χ1) is 11.1. The highest BCUT2D eigenvalue weighted by Crippen LogP contribution is 2.25. The Labute approximate surface area is 140 Å². The summed E-state index contributed by atoms with van der Waals surface area (Å²) in [6, 6.07) is 6.91. The number of ether oxygens (including phenoxy) is 1. The molecule has 7 heteroatoms. The summed E-state index contributed by atoms with van der Waals surface area (Å²) in [5.74, 6) is -0.869. The molecule has 0 bridgehead atoms. The molecule has 1 heterocycles. The second-order valence-electron chi connectivity index (χ2n) is 5.24. The first-order valence-electron chi connectivity index (χ1n) is 7.59. The van der Waals surface area contributed by atoms with Crippen molar-refractivity contribution in [1.82, 2.24) is 9.80 Å². The Balaban J connectivity index is 2.05. The van der Waals surface area contributed by atoms with Crippen LogP contribution in [0.1, 0.15) is 18.5 Å². The number of nitrogens with zero attached hydrogens (tertiary/aromatic N) is 2. The van der Waals surface area contributed by atoms with Gasteiger partial charge in [-0.25, -0.2) is 4.79 Å². The highest BCUT2D eigenvalue weighted by molar-refractivity contribution is 7.98. The van der Waals surface area contributed by atoms with Crippen LogP contribution >= 0.6 is 11.8 Å². The molecule has 1 aromatic carbocycles. The zero-order valence-electron chi connectivity index (χ0n) is 13.4. The molecule has 0 radical (unpaired) electrons. The second kappa shape index (κ2) is 8.21.